The fraction of sp³-hybridized carbons (Fsp3) is 0.750. The second kappa shape index (κ2) is 6.40. The third kappa shape index (κ3) is 4.42. The molecule has 1 aliphatic heterocycles. The van der Waals surface area contributed by atoms with Crippen LogP contribution in [0.2, 0.25) is 0 Å². The monoisotopic (exact) mass is 271 g/mol. The highest BCUT2D eigenvalue weighted by Gasteiger charge is 2.35. The quantitative estimate of drug-likeness (QED) is 0.675. The van der Waals surface area contributed by atoms with Gasteiger partial charge < -0.3 is 21.1 Å². The smallest absolute Gasteiger partial charge is 0.326 e. The maximum Gasteiger partial charge on any atom is 0.326 e. The molecule has 0 bridgehead atoms. The van der Waals surface area contributed by atoms with Crippen molar-refractivity contribution < 1.29 is 19.5 Å². The standard InChI is InChI=1S/C12H21N3O4/c1-7-3-4-15(9(5-7)11(17)18)12(19)14-8(2)6-10(13)16/h7-9H,3-6H2,1-2H3,(H2,13,16)(H,14,19)(H,17,18). The van der Waals surface area contributed by atoms with Crippen molar-refractivity contribution in [3.63, 3.8) is 0 Å². The van der Waals surface area contributed by atoms with E-state index in [1.54, 1.807) is 6.92 Å². The van der Waals surface area contributed by atoms with E-state index in [1.165, 1.54) is 4.90 Å². The number of aliphatic carboxylic acids is 1. The lowest BCUT2D eigenvalue weighted by Crippen LogP contribution is -2.54. The van der Waals surface area contributed by atoms with Crippen LogP contribution in [0.1, 0.15) is 33.1 Å². The van der Waals surface area contributed by atoms with Gasteiger partial charge in [-0.3, -0.25) is 4.79 Å². The number of urea groups is 1. The van der Waals surface area contributed by atoms with Crippen molar-refractivity contribution in [1.82, 2.24) is 10.2 Å². The molecule has 0 aliphatic carbocycles. The predicted octanol–water partition coefficient (Wildman–Crippen LogP) is 0.145. The molecule has 1 rings (SSSR count). The lowest BCUT2D eigenvalue weighted by molar-refractivity contribution is -0.144. The van der Waals surface area contributed by atoms with E-state index >= 15 is 0 Å². The first-order valence-electron chi connectivity index (χ1n) is 6.39. The van der Waals surface area contributed by atoms with Gasteiger partial charge >= 0.3 is 12.0 Å². The van der Waals surface area contributed by atoms with Crippen LogP contribution in [0.3, 0.4) is 0 Å². The summed E-state index contributed by atoms with van der Waals surface area (Å²) in [5.41, 5.74) is 5.04. The van der Waals surface area contributed by atoms with Crippen LogP contribution in [0.25, 0.3) is 0 Å². The number of carboxylic acid groups (broad SMARTS) is 1. The van der Waals surface area contributed by atoms with E-state index in [9.17, 15) is 14.4 Å². The molecule has 0 aromatic heterocycles. The molecule has 108 valence electrons. The van der Waals surface area contributed by atoms with Gasteiger partial charge in [-0.25, -0.2) is 9.59 Å². The normalized spacial score (nSPS) is 24.6. The van der Waals surface area contributed by atoms with Crippen LogP contribution in [0.4, 0.5) is 4.79 Å². The molecule has 3 atom stereocenters. The average Bonchev–Trinajstić information content (AvgIpc) is 2.27. The van der Waals surface area contributed by atoms with Crippen LogP contribution in [0.15, 0.2) is 0 Å². The fourth-order valence-electron chi connectivity index (χ4n) is 2.27. The lowest BCUT2D eigenvalue weighted by Gasteiger charge is -2.36. The summed E-state index contributed by atoms with van der Waals surface area (Å²) >= 11 is 0. The minimum absolute atomic E-state index is 0.0354. The molecule has 1 saturated heterocycles. The first-order chi connectivity index (χ1) is 8.81. The number of nitrogens with zero attached hydrogens (tertiary/aromatic N) is 1. The third-order valence-electron chi connectivity index (χ3n) is 3.29. The highest BCUT2D eigenvalue weighted by Crippen LogP contribution is 2.22. The molecule has 0 radical (unpaired) electrons. The van der Waals surface area contributed by atoms with Crippen molar-refractivity contribution in [3.05, 3.63) is 0 Å². The van der Waals surface area contributed by atoms with Crippen LogP contribution in [-0.2, 0) is 9.59 Å². The Morgan fingerprint density at radius 3 is 2.63 bits per heavy atom. The van der Waals surface area contributed by atoms with Crippen molar-refractivity contribution in [2.24, 2.45) is 11.7 Å². The molecule has 3 unspecified atom stereocenters. The molecule has 4 N–H and O–H groups in total. The van der Waals surface area contributed by atoms with Crippen molar-refractivity contribution >= 4 is 17.9 Å². The molecular formula is C12H21N3O4. The number of rotatable bonds is 4. The molecule has 0 saturated carbocycles. The summed E-state index contributed by atoms with van der Waals surface area (Å²) < 4.78 is 0. The molecule has 1 aliphatic rings. The summed E-state index contributed by atoms with van der Waals surface area (Å²) in [6.07, 6.45) is 1.27. The van der Waals surface area contributed by atoms with E-state index in [-0.39, 0.29) is 12.3 Å². The van der Waals surface area contributed by atoms with Crippen LogP contribution in [0.5, 0.6) is 0 Å². The SMILES string of the molecule is CC1CCN(C(=O)NC(C)CC(N)=O)C(C(=O)O)C1. The summed E-state index contributed by atoms with van der Waals surface area (Å²) in [7, 11) is 0. The van der Waals surface area contributed by atoms with Crippen LogP contribution in [0, 0.1) is 5.92 Å². The molecule has 19 heavy (non-hydrogen) atoms. The number of carbonyl (C=O) groups is 3. The van der Waals surface area contributed by atoms with Crippen molar-refractivity contribution in [3.8, 4) is 0 Å². The highest BCUT2D eigenvalue weighted by atomic mass is 16.4. The molecular weight excluding hydrogens is 250 g/mol. The van der Waals surface area contributed by atoms with E-state index in [4.69, 9.17) is 10.8 Å². The zero-order valence-corrected chi connectivity index (χ0v) is 11.3. The van der Waals surface area contributed by atoms with E-state index in [2.05, 4.69) is 5.32 Å². The van der Waals surface area contributed by atoms with Gasteiger partial charge in [0.05, 0.1) is 0 Å². The van der Waals surface area contributed by atoms with E-state index in [1.807, 2.05) is 6.92 Å². The van der Waals surface area contributed by atoms with Gasteiger partial charge in [0.2, 0.25) is 5.91 Å². The second-order valence-corrected chi connectivity index (χ2v) is 5.20. The summed E-state index contributed by atoms with van der Waals surface area (Å²) in [4.78, 5) is 35.3. The Bertz CT molecular complexity index is 372. The van der Waals surface area contributed by atoms with Gasteiger partial charge in [-0.05, 0) is 25.7 Å². The lowest BCUT2D eigenvalue weighted by atomic mass is 9.93. The van der Waals surface area contributed by atoms with E-state index in [0.29, 0.717) is 13.0 Å². The van der Waals surface area contributed by atoms with Gasteiger partial charge in [-0.1, -0.05) is 6.92 Å². The molecule has 0 aromatic rings. The Hall–Kier alpha value is -1.79. The van der Waals surface area contributed by atoms with Gasteiger partial charge in [0.25, 0.3) is 0 Å². The first kappa shape index (κ1) is 15.3. The Morgan fingerprint density at radius 2 is 2.11 bits per heavy atom. The average molecular weight is 271 g/mol. The first-order valence-corrected chi connectivity index (χ1v) is 6.39. The number of nitrogens with two attached hydrogens (primary N) is 1. The molecule has 3 amide bonds. The number of hydrogen-bond acceptors (Lipinski definition) is 3. The number of hydrogen-bond donors (Lipinski definition) is 3. The summed E-state index contributed by atoms with van der Waals surface area (Å²) in [6.45, 7) is 4.04. The summed E-state index contributed by atoms with van der Waals surface area (Å²) in [5, 5.41) is 11.8. The number of primary amides is 1. The van der Waals surface area contributed by atoms with Crippen molar-refractivity contribution in [2.75, 3.05) is 6.54 Å². The Balaban J connectivity index is 2.63. The topological polar surface area (TPSA) is 113 Å². The number of amides is 3. The van der Waals surface area contributed by atoms with Gasteiger partial charge in [-0.15, -0.1) is 0 Å². The van der Waals surface area contributed by atoms with E-state index < -0.39 is 30.0 Å². The van der Waals surface area contributed by atoms with Gasteiger partial charge in [-0.2, -0.15) is 0 Å². The fourth-order valence-corrected chi connectivity index (χ4v) is 2.27. The molecule has 7 nitrogen and oxygen atoms in total. The Morgan fingerprint density at radius 1 is 1.47 bits per heavy atom. The zero-order chi connectivity index (χ0) is 14.6. The molecule has 1 heterocycles. The number of carboxylic acids is 1. The second-order valence-electron chi connectivity index (χ2n) is 5.20. The van der Waals surface area contributed by atoms with Crippen LogP contribution >= 0.6 is 0 Å². The highest BCUT2D eigenvalue weighted by molar-refractivity contribution is 5.83. The zero-order valence-electron chi connectivity index (χ0n) is 11.3. The Labute approximate surface area is 112 Å². The number of likely N-dealkylation sites (tertiary alicyclic amines) is 1. The summed E-state index contributed by atoms with van der Waals surface area (Å²) in [6, 6.07) is -1.66. The predicted molar refractivity (Wildman–Crippen MR) is 68.3 cm³/mol. The third-order valence-corrected chi connectivity index (χ3v) is 3.29. The van der Waals surface area contributed by atoms with Gasteiger partial charge in [0, 0.05) is 19.0 Å². The van der Waals surface area contributed by atoms with Gasteiger partial charge in [0.15, 0.2) is 0 Å². The minimum Gasteiger partial charge on any atom is -0.480 e. The maximum atomic E-state index is 12.0. The molecule has 1 fully saturated rings. The maximum absolute atomic E-state index is 12.0. The Kier molecular flexibility index (Phi) is 5.14. The number of piperidine rings is 1. The van der Waals surface area contributed by atoms with Crippen LogP contribution < -0.4 is 11.1 Å². The number of carbonyl (C=O) groups excluding carboxylic acids is 2. The minimum atomic E-state index is -0.996. The van der Waals surface area contributed by atoms with Gasteiger partial charge in [0.1, 0.15) is 6.04 Å². The molecule has 0 spiro atoms. The van der Waals surface area contributed by atoms with E-state index in [0.717, 1.165) is 6.42 Å². The largest absolute Gasteiger partial charge is 0.480 e. The van der Waals surface area contributed by atoms with Crippen molar-refractivity contribution in [1.29, 1.82) is 0 Å². The molecule has 0 aromatic carbocycles. The van der Waals surface area contributed by atoms with Crippen LogP contribution in [-0.4, -0.2) is 46.5 Å². The summed E-state index contributed by atoms with van der Waals surface area (Å²) in [5.74, 6) is -1.22. The number of nitrogens with one attached hydrogen (secondary N) is 1. The van der Waals surface area contributed by atoms with Crippen molar-refractivity contribution in [2.45, 2.75) is 45.2 Å². The molecule has 7 heteroatoms.